The molecule has 7 nitrogen and oxygen atoms in total. The number of nitrogens with zero attached hydrogens (tertiary/aromatic N) is 2. The summed E-state index contributed by atoms with van der Waals surface area (Å²) in [6.45, 7) is 4.63. The molecule has 2 amide bonds. The van der Waals surface area contributed by atoms with Gasteiger partial charge in [-0.15, -0.1) is 0 Å². The topological polar surface area (TPSA) is 86.8 Å². The summed E-state index contributed by atoms with van der Waals surface area (Å²) in [7, 11) is -3.91. The molecule has 0 saturated heterocycles. The largest absolute Gasteiger partial charge is 0.350 e. The number of carbonyl (C=O) groups excluding carboxylic acids is 2. The van der Waals surface area contributed by atoms with Crippen LogP contribution >= 0.6 is 11.6 Å². The lowest BCUT2D eigenvalue weighted by atomic mass is 10.0. The summed E-state index contributed by atoms with van der Waals surface area (Å²) in [5.41, 5.74) is 0.612. The first-order valence-electron chi connectivity index (χ1n) is 12.4. The number of sulfonamides is 1. The first kappa shape index (κ1) is 30.1. The second kappa shape index (κ2) is 12.6. The maximum atomic E-state index is 14.8. The van der Waals surface area contributed by atoms with Crippen molar-refractivity contribution in [2.24, 2.45) is 0 Å². The molecule has 0 aromatic heterocycles. The standard InChI is InChI=1S/C29H33ClFN3O4S/c1-29(2,3)32-28(36)26(18-21-10-6-5-7-11-21)33(19-22-12-8-9-13-25(22)31)27(35)20-34(39(4,37)38)24-16-14-23(30)15-17-24/h5-17,26H,18-20H2,1-4H3,(H,32,36). The first-order chi connectivity index (χ1) is 18.2. The molecule has 0 fully saturated rings. The lowest BCUT2D eigenvalue weighted by Crippen LogP contribution is -2.56. The van der Waals surface area contributed by atoms with Crippen LogP contribution in [0.1, 0.15) is 31.9 Å². The van der Waals surface area contributed by atoms with Crippen LogP contribution in [-0.2, 0) is 32.6 Å². The molecule has 3 aromatic rings. The van der Waals surface area contributed by atoms with Gasteiger partial charge in [0, 0.05) is 29.1 Å². The Hall–Kier alpha value is -3.43. The summed E-state index contributed by atoms with van der Waals surface area (Å²) in [5.74, 6) is -1.64. The van der Waals surface area contributed by atoms with Crippen LogP contribution in [0.3, 0.4) is 0 Å². The Morgan fingerprint density at radius 2 is 1.54 bits per heavy atom. The van der Waals surface area contributed by atoms with Crippen molar-refractivity contribution in [2.45, 2.75) is 45.3 Å². The van der Waals surface area contributed by atoms with Crippen LogP contribution < -0.4 is 9.62 Å². The summed E-state index contributed by atoms with van der Waals surface area (Å²) in [6.07, 6.45) is 1.13. The lowest BCUT2D eigenvalue weighted by Gasteiger charge is -2.35. The van der Waals surface area contributed by atoms with Crippen molar-refractivity contribution in [3.8, 4) is 0 Å². The van der Waals surface area contributed by atoms with Gasteiger partial charge in [-0.2, -0.15) is 0 Å². The van der Waals surface area contributed by atoms with Gasteiger partial charge in [-0.05, 0) is 56.7 Å². The van der Waals surface area contributed by atoms with Crippen LogP contribution in [0.4, 0.5) is 10.1 Å². The van der Waals surface area contributed by atoms with Crippen molar-refractivity contribution < 1.29 is 22.4 Å². The molecule has 1 unspecified atom stereocenters. The number of anilines is 1. The van der Waals surface area contributed by atoms with Crippen LogP contribution in [0.25, 0.3) is 0 Å². The summed E-state index contributed by atoms with van der Waals surface area (Å²) >= 11 is 5.97. The van der Waals surface area contributed by atoms with Crippen LogP contribution in [0, 0.1) is 5.82 Å². The van der Waals surface area contributed by atoms with Crippen LogP contribution in [0.2, 0.25) is 5.02 Å². The van der Waals surface area contributed by atoms with Gasteiger partial charge in [-0.25, -0.2) is 12.8 Å². The molecule has 39 heavy (non-hydrogen) atoms. The van der Waals surface area contributed by atoms with E-state index in [0.29, 0.717) is 5.02 Å². The molecule has 0 spiro atoms. The Morgan fingerprint density at radius 3 is 2.10 bits per heavy atom. The quantitative estimate of drug-likeness (QED) is 0.377. The Bertz CT molecular complexity index is 1390. The third-order valence-corrected chi connectivity index (χ3v) is 7.25. The van der Waals surface area contributed by atoms with Crippen LogP contribution in [-0.4, -0.2) is 49.5 Å². The van der Waals surface area contributed by atoms with Crippen molar-refractivity contribution in [3.05, 3.63) is 101 Å². The number of hydrogen-bond acceptors (Lipinski definition) is 4. The smallest absolute Gasteiger partial charge is 0.244 e. The average Bonchev–Trinajstić information content (AvgIpc) is 2.85. The molecule has 10 heteroatoms. The van der Waals surface area contributed by atoms with Gasteiger partial charge < -0.3 is 10.2 Å². The Morgan fingerprint density at radius 1 is 0.949 bits per heavy atom. The van der Waals surface area contributed by atoms with Gasteiger partial charge in [0.1, 0.15) is 18.4 Å². The molecule has 0 bridgehead atoms. The minimum Gasteiger partial charge on any atom is -0.350 e. The number of benzene rings is 3. The molecular weight excluding hydrogens is 541 g/mol. The maximum Gasteiger partial charge on any atom is 0.244 e. The van der Waals surface area contributed by atoms with Gasteiger partial charge in [0.2, 0.25) is 21.8 Å². The molecule has 0 heterocycles. The number of hydrogen-bond donors (Lipinski definition) is 1. The molecule has 1 atom stereocenters. The molecule has 0 aliphatic carbocycles. The number of nitrogens with one attached hydrogen (secondary N) is 1. The average molecular weight is 574 g/mol. The van der Waals surface area contributed by atoms with Crippen molar-refractivity contribution in [2.75, 3.05) is 17.1 Å². The van der Waals surface area contributed by atoms with Crippen LogP contribution in [0.15, 0.2) is 78.9 Å². The highest BCUT2D eigenvalue weighted by Crippen LogP contribution is 2.23. The zero-order valence-corrected chi connectivity index (χ0v) is 24.0. The summed E-state index contributed by atoms with van der Waals surface area (Å²) in [5, 5.41) is 3.33. The van der Waals surface area contributed by atoms with Gasteiger partial charge in [-0.1, -0.05) is 60.1 Å². The van der Waals surface area contributed by atoms with E-state index in [1.165, 1.54) is 47.4 Å². The Kier molecular flexibility index (Phi) is 9.74. The van der Waals surface area contributed by atoms with Crippen molar-refractivity contribution in [1.82, 2.24) is 10.2 Å². The molecule has 3 rings (SSSR count). The molecule has 208 valence electrons. The first-order valence-corrected chi connectivity index (χ1v) is 14.6. The van der Waals surface area contributed by atoms with E-state index in [-0.39, 0.29) is 24.2 Å². The number of halogens is 2. The molecule has 0 aliphatic rings. The zero-order valence-electron chi connectivity index (χ0n) is 22.4. The van der Waals surface area contributed by atoms with E-state index in [2.05, 4.69) is 5.32 Å². The highest BCUT2D eigenvalue weighted by atomic mass is 35.5. The zero-order chi connectivity index (χ0) is 28.8. The highest BCUT2D eigenvalue weighted by molar-refractivity contribution is 7.92. The third-order valence-electron chi connectivity index (χ3n) is 5.86. The van der Waals surface area contributed by atoms with Crippen molar-refractivity contribution in [3.63, 3.8) is 0 Å². The minimum absolute atomic E-state index is 0.142. The fraction of sp³-hybridized carbons (Fsp3) is 0.310. The fourth-order valence-electron chi connectivity index (χ4n) is 4.04. The monoisotopic (exact) mass is 573 g/mol. The van der Waals surface area contributed by atoms with E-state index in [0.717, 1.165) is 16.1 Å². The predicted octanol–water partition coefficient (Wildman–Crippen LogP) is 4.80. The SMILES string of the molecule is CC(C)(C)NC(=O)C(Cc1ccccc1)N(Cc1ccccc1F)C(=O)CN(c1ccc(Cl)cc1)S(C)(=O)=O. The Labute approximate surface area is 234 Å². The van der Waals surface area contributed by atoms with E-state index < -0.39 is 45.8 Å². The van der Waals surface area contributed by atoms with E-state index in [4.69, 9.17) is 11.6 Å². The van der Waals surface area contributed by atoms with Gasteiger partial charge in [-0.3, -0.25) is 13.9 Å². The number of amides is 2. The summed E-state index contributed by atoms with van der Waals surface area (Å²) < 4.78 is 41.2. The van der Waals surface area contributed by atoms with Gasteiger partial charge >= 0.3 is 0 Å². The van der Waals surface area contributed by atoms with E-state index in [9.17, 15) is 22.4 Å². The minimum atomic E-state index is -3.91. The predicted molar refractivity (Wildman–Crippen MR) is 152 cm³/mol. The fourth-order valence-corrected chi connectivity index (χ4v) is 5.01. The molecule has 0 aliphatic heterocycles. The van der Waals surface area contributed by atoms with Gasteiger partial charge in [0.25, 0.3) is 0 Å². The summed E-state index contributed by atoms with van der Waals surface area (Å²) in [6, 6.07) is 20.1. The highest BCUT2D eigenvalue weighted by Gasteiger charge is 2.34. The van der Waals surface area contributed by atoms with Gasteiger partial charge in [0.15, 0.2) is 0 Å². The molecule has 3 aromatic carbocycles. The Balaban J connectivity index is 2.08. The normalized spacial score (nSPS) is 12.5. The molecule has 0 radical (unpaired) electrons. The molecule has 1 N–H and O–H groups in total. The van der Waals surface area contributed by atoms with Crippen LogP contribution in [0.5, 0.6) is 0 Å². The summed E-state index contributed by atoms with van der Waals surface area (Å²) in [4.78, 5) is 28.8. The lowest BCUT2D eigenvalue weighted by molar-refractivity contribution is -0.140. The second-order valence-corrected chi connectivity index (χ2v) is 12.6. The number of rotatable bonds is 10. The van der Waals surface area contributed by atoms with E-state index in [1.54, 1.807) is 6.07 Å². The molecular formula is C29H33ClFN3O4S. The van der Waals surface area contributed by atoms with Crippen molar-refractivity contribution >= 4 is 39.1 Å². The third kappa shape index (κ3) is 8.80. The van der Waals surface area contributed by atoms with E-state index in [1.807, 2.05) is 51.1 Å². The second-order valence-electron chi connectivity index (χ2n) is 10.3. The van der Waals surface area contributed by atoms with Gasteiger partial charge in [0.05, 0.1) is 11.9 Å². The molecule has 0 saturated carbocycles. The number of carbonyl (C=O) groups is 2. The maximum absolute atomic E-state index is 14.8. The van der Waals surface area contributed by atoms with E-state index >= 15 is 0 Å². The van der Waals surface area contributed by atoms with Crippen molar-refractivity contribution in [1.29, 1.82) is 0 Å².